The molecule has 1 N–H and O–H groups in total. The summed E-state index contributed by atoms with van der Waals surface area (Å²) in [6, 6.07) is 12.0. The van der Waals surface area contributed by atoms with Crippen LogP contribution in [0.25, 0.3) is 0 Å². The van der Waals surface area contributed by atoms with Crippen LogP contribution in [0, 0.1) is 6.92 Å². The molecule has 3 rings (SSSR count). The second-order valence-corrected chi connectivity index (χ2v) is 6.63. The molecular formula is C20H25N5O2. The van der Waals surface area contributed by atoms with Crippen molar-refractivity contribution in [2.24, 2.45) is 0 Å². The van der Waals surface area contributed by atoms with Gasteiger partial charge in [-0.2, -0.15) is 0 Å². The largest absolute Gasteiger partial charge is 0.353 e. The van der Waals surface area contributed by atoms with E-state index in [0.29, 0.717) is 44.2 Å². The van der Waals surface area contributed by atoms with Gasteiger partial charge in [0.2, 0.25) is 6.41 Å². The number of amides is 2. The van der Waals surface area contributed by atoms with E-state index in [-0.39, 0.29) is 5.91 Å². The van der Waals surface area contributed by atoms with Crippen LogP contribution in [-0.2, 0) is 11.2 Å². The lowest BCUT2D eigenvalue weighted by atomic mass is 10.1. The van der Waals surface area contributed by atoms with Crippen LogP contribution in [0.3, 0.4) is 0 Å². The highest BCUT2D eigenvalue weighted by Gasteiger charge is 2.19. The summed E-state index contributed by atoms with van der Waals surface area (Å²) in [6.07, 6.45) is 2.67. The molecule has 0 saturated carbocycles. The number of benzene rings is 1. The minimum atomic E-state index is -0.179. The lowest BCUT2D eigenvalue weighted by molar-refractivity contribution is -0.118. The van der Waals surface area contributed by atoms with Crippen LogP contribution in [0.15, 0.2) is 36.4 Å². The molecule has 2 heterocycles. The number of nitrogens with one attached hydrogen (secondary N) is 1. The first kappa shape index (κ1) is 18.8. The van der Waals surface area contributed by atoms with Crippen molar-refractivity contribution in [3.8, 4) is 0 Å². The number of rotatable bonds is 7. The van der Waals surface area contributed by atoms with Crippen LogP contribution in [0.1, 0.15) is 28.3 Å². The Morgan fingerprint density at radius 1 is 1.15 bits per heavy atom. The summed E-state index contributed by atoms with van der Waals surface area (Å²) in [5, 5.41) is 2.94. The fraction of sp³-hybridized carbons (Fsp3) is 0.400. The minimum Gasteiger partial charge on any atom is -0.353 e. The van der Waals surface area contributed by atoms with Crippen LogP contribution in [0.2, 0.25) is 0 Å². The van der Waals surface area contributed by atoms with E-state index in [1.54, 1.807) is 17.9 Å². The minimum absolute atomic E-state index is 0.179. The zero-order valence-electron chi connectivity index (χ0n) is 15.6. The standard InChI is InChI=1S/C20H25N5O2/c1-16-22-18(14-19(23-16)25-12-10-24(15-26)11-13-25)20(27)21-9-5-8-17-6-3-2-4-7-17/h2-4,6-7,14-15H,5,8-13H2,1H3,(H,21,27). The lowest BCUT2D eigenvalue weighted by Crippen LogP contribution is -2.46. The smallest absolute Gasteiger partial charge is 0.270 e. The summed E-state index contributed by atoms with van der Waals surface area (Å²) in [6.45, 7) is 5.11. The third-order valence-corrected chi connectivity index (χ3v) is 4.62. The predicted molar refractivity (Wildman–Crippen MR) is 104 cm³/mol. The molecule has 0 atom stereocenters. The second-order valence-electron chi connectivity index (χ2n) is 6.63. The van der Waals surface area contributed by atoms with Crippen molar-refractivity contribution in [1.82, 2.24) is 20.2 Å². The number of piperazine rings is 1. The molecule has 0 bridgehead atoms. The SMILES string of the molecule is Cc1nc(C(=O)NCCCc2ccccc2)cc(N2CCN(C=O)CC2)n1. The highest BCUT2D eigenvalue weighted by Crippen LogP contribution is 2.15. The van der Waals surface area contributed by atoms with Crippen LogP contribution in [0.4, 0.5) is 5.82 Å². The van der Waals surface area contributed by atoms with Gasteiger partial charge in [-0.3, -0.25) is 9.59 Å². The van der Waals surface area contributed by atoms with Crippen LogP contribution in [0.5, 0.6) is 0 Å². The fourth-order valence-electron chi connectivity index (χ4n) is 3.12. The number of carbonyl (C=O) groups excluding carboxylic acids is 2. The molecule has 1 aliphatic heterocycles. The first-order valence-electron chi connectivity index (χ1n) is 9.28. The van der Waals surface area contributed by atoms with Crippen molar-refractivity contribution in [2.75, 3.05) is 37.6 Å². The van der Waals surface area contributed by atoms with Gasteiger partial charge in [0.25, 0.3) is 5.91 Å². The van der Waals surface area contributed by atoms with E-state index in [9.17, 15) is 9.59 Å². The van der Waals surface area contributed by atoms with Gasteiger partial charge in [0.05, 0.1) is 0 Å². The zero-order valence-corrected chi connectivity index (χ0v) is 15.6. The predicted octanol–water partition coefficient (Wildman–Crippen LogP) is 1.43. The number of hydrogen-bond acceptors (Lipinski definition) is 5. The molecule has 1 aromatic carbocycles. The Balaban J connectivity index is 1.55. The first-order valence-corrected chi connectivity index (χ1v) is 9.28. The van der Waals surface area contributed by atoms with Gasteiger partial charge in [-0.05, 0) is 25.3 Å². The number of hydrogen-bond donors (Lipinski definition) is 1. The molecule has 7 heteroatoms. The number of nitrogens with zero attached hydrogens (tertiary/aromatic N) is 4. The van der Waals surface area contributed by atoms with Gasteiger partial charge < -0.3 is 15.1 Å². The van der Waals surface area contributed by atoms with Crippen molar-refractivity contribution in [1.29, 1.82) is 0 Å². The van der Waals surface area contributed by atoms with Gasteiger partial charge >= 0.3 is 0 Å². The topological polar surface area (TPSA) is 78.4 Å². The van der Waals surface area contributed by atoms with Gasteiger partial charge in [-0.1, -0.05) is 30.3 Å². The van der Waals surface area contributed by atoms with E-state index in [1.165, 1.54) is 5.56 Å². The van der Waals surface area contributed by atoms with Gasteiger partial charge in [0.15, 0.2) is 0 Å². The summed E-state index contributed by atoms with van der Waals surface area (Å²) in [5.41, 5.74) is 1.65. The maximum Gasteiger partial charge on any atom is 0.270 e. The molecule has 142 valence electrons. The summed E-state index contributed by atoms with van der Waals surface area (Å²) < 4.78 is 0. The van der Waals surface area contributed by atoms with Crippen LogP contribution in [-0.4, -0.2) is 59.9 Å². The molecular weight excluding hydrogens is 342 g/mol. The highest BCUT2D eigenvalue weighted by atomic mass is 16.2. The van der Waals surface area contributed by atoms with Crippen LogP contribution < -0.4 is 10.2 Å². The van der Waals surface area contributed by atoms with Crippen molar-refractivity contribution in [3.05, 3.63) is 53.5 Å². The van der Waals surface area contributed by atoms with E-state index in [2.05, 4.69) is 32.3 Å². The van der Waals surface area contributed by atoms with Crippen molar-refractivity contribution in [3.63, 3.8) is 0 Å². The van der Waals surface area contributed by atoms with E-state index >= 15 is 0 Å². The average Bonchev–Trinajstić information content (AvgIpc) is 2.71. The maximum atomic E-state index is 12.5. The van der Waals surface area contributed by atoms with E-state index in [4.69, 9.17) is 0 Å². The van der Waals surface area contributed by atoms with Crippen molar-refractivity contribution < 1.29 is 9.59 Å². The molecule has 7 nitrogen and oxygen atoms in total. The average molecular weight is 367 g/mol. The third-order valence-electron chi connectivity index (χ3n) is 4.62. The van der Waals surface area contributed by atoms with E-state index < -0.39 is 0 Å². The molecule has 1 aromatic heterocycles. The lowest BCUT2D eigenvalue weighted by Gasteiger charge is -2.33. The molecule has 1 fully saturated rings. The Morgan fingerprint density at radius 2 is 1.89 bits per heavy atom. The number of aromatic nitrogens is 2. The third kappa shape index (κ3) is 5.26. The normalized spacial score (nSPS) is 14.1. The molecule has 0 unspecified atom stereocenters. The van der Waals surface area contributed by atoms with Crippen molar-refractivity contribution in [2.45, 2.75) is 19.8 Å². The molecule has 1 aliphatic rings. The first-order chi connectivity index (χ1) is 13.2. The van der Waals surface area contributed by atoms with E-state index in [0.717, 1.165) is 25.1 Å². The summed E-state index contributed by atoms with van der Waals surface area (Å²) in [7, 11) is 0. The Bertz CT molecular complexity index is 773. The van der Waals surface area contributed by atoms with Crippen molar-refractivity contribution >= 4 is 18.1 Å². The number of anilines is 1. The number of aryl methyl sites for hydroxylation is 2. The zero-order chi connectivity index (χ0) is 19.1. The second kappa shape index (κ2) is 9.12. The van der Waals surface area contributed by atoms with Gasteiger partial charge in [-0.15, -0.1) is 0 Å². The monoisotopic (exact) mass is 367 g/mol. The van der Waals surface area contributed by atoms with Gasteiger partial charge in [0.1, 0.15) is 17.3 Å². The molecule has 2 aromatic rings. The summed E-state index contributed by atoms with van der Waals surface area (Å²) in [5.74, 6) is 1.13. The van der Waals surface area contributed by atoms with Gasteiger partial charge in [-0.25, -0.2) is 9.97 Å². The molecule has 0 spiro atoms. The number of carbonyl (C=O) groups is 2. The molecule has 0 radical (unpaired) electrons. The molecule has 2 amide bonds. The van der Waals surface area contributed by atoms with E-state index in [1.807, 2.05) is 18.2 Å². The quantitative estimate of drug-likeness (QED) is 0.592. The highest BCUT2D eigenvalue weighted by molar-refractivity contribution is 5.92. The Morgan fingerprint density at radius 3 is 2.59 bits per heavy atom. The Kier molecular flexibility index (Phi) is 6.35. The summed E-state index contributed by atoms with van der Waals surface area (Å²) in [4.78, 5) is 35.9. The Hall–Kier alpha value is -2.96. The van der Waals surface area contributed by atoms with Crippen LogP contribution >= 0.6 is 0 Å². The maximum absolute atomic E-state index is 12.5. The molecule has 0 aliphatic carbocycles. The Labute approximate surface area is 159 Å². The molecule has 27 heavy (non-hydrogen) atoms. The molecule has 1 saturated heterocycles. The fourth-order valence-corrected chi connectivity index (χ4v) is 3.12. The summed E-state index contributed by atoms with van der Waals surface area (Å²) >= 11 is 0. The van der Waals surface area contributed by atoms with Gasteiger partial charge in [0, 0.05) is 38.8 Å².